The van der Waals surface area contributed by atoms with Crippen LogP contribution in [0.4, 0.5) is 0 Å². The minimum absolute atomic E-state index is 0. The second-order valence-electron chi connectivity index (χ2n) is 3.18. The molecule has 0 unspecified atom stereocenters. The quantitative estimate of drug-likeness (QED) is 0.289. The molecule has 0 amide bonds. The first-order chi connectivity index (χ1) is 9.00. The van der Waals surface area contributed by atoms with Gasteiger partial charge in [-0.05, 0) is 12.1 Å². The van der Waals surface area contributed by atoms with Crippen molar-refractivity contribution in [1.82, 2.24) is 4.98 Å². The van der Waals surface area contributed by atoms with Crippen LogP contribution in [0, 0.1) is 0 Å². The first kappa shape index (κ1) is 38.7. The zero-order chi connectivity index (χ0) is 12.7. The fourth-order valence-corrected chi connectivity index (χ4v) is 0.996. The molecule has 3 heterocycles. The summed E-state index contributed by atoms with van der Waals surface area (Å²) in [6, 6.07) is 17.4. The van der Waals surface area contributed by atoms with Crippen LogP contribution in [-0.2, 0) is 27.9 Å². The van der Waals surface area contributed by atoms with Crippen molar-refractivity contribution in [2.75, 3.05) is 0 Å². The Bertz CT molecular complexity index is 329. The minimum atomic E-state index is 0. The Morgan fingerprint density at radius 1 is 0.458 bits per heavy atom. The van der Waals surface area contributed by atoms with Gasteiger partial charge in [0, 0.05) is 59.0 Å². The summed E-state index contributed by atoms with van der Waals surface area (Å²) in [6.07, 6.45) is 11.0. The second-order valence-corrected chi connectivity index (χ2v) is 3.18. The molecule has 9 heteroatoms. The summed E-state index contributed by atoms with van der Waals surface area (Å²) in [6.45, 7) is 0. The zero-order valence-corrected chi connectivity index (χ0v) is 17.7. The number of hydrogen-bond donors (Lipinski definition) is 0. The van der Waals surface area contributed by atoms with Crippen LogP contribution in [-0.4, -0.2) is 4.98 Å². The molecule has 135 valence electrons. The molecule has 0 aliphatic heterocycles. The fraction of sp³-hybridized carbons (Fsp3) is 0. The maximum Gasteiger partial charge on any atom is 0.166 e. The molecule has 3 aromatic heterocycles. The van der Waals surface area contributed by atoms with Gasteiger partial charge in [0.25, 0.3) is 0 Å². The van der Waals surface area contributed by atoms with Crippen molar-refractivity contribution in [1.29, 1.82) is 0 Å². The average Bonchev–Trinajstić information content (AvgIpc) is 2.54. The van der Waals surface area contributed by atoms with Crippen LogP contribution < -0.4 is 59.6 Å². The van der Waals surface area contributed by atoms with Crippen LogP contribution >= 0.6 is 0 Å². The number of nitrogens with zero attached hydrogens (tertiary/aromatic N) is 1. The Balaban J connectivity index is -0.0000000450. The van der Waals surface area contributed by atoms with E-state index in [-0.39, 0.29) is 77.5 Å². The van der Waals surface area contributed by atoms with Gasteiger partial charge in [-0.25, -0.2) is 9.97 Å². The van der Waals surface area contributed by atoms with Gasteiger partial charge in [-0.3, -0.25) is 4.98 Å². The Kier molecular flexibility index (Phi) is 54.6. The molecule has 0 aliphatic carbocycles. The number of hydrogen-bond acceptors (Lipinski definition) is 1. The van der Waals surface area contributed by atoms with Crippen LogP contribution in [0.15, 0.2) is 91.8 Å². The van der Waals surface area contributed by atoms with E-state index in [1.165, 1.54) is 0 Å². The number of halogens is 4. The van der Waals surface area contributed by atoms with E-state index in [1.807, 2.05) is 79.4 Å². The third kappa shape index (κ3) is 29.3. The summed E-state index contributed by atoms with van der Waals surface area (Å²) in [5.74, 6) is 0. The first-order valence-electron chi connectivity index (χ1n) is 5.67. The van der Waals surface area contributed by atoms with Crippen molar-refractivity contribution in [3.8, 4) is 0 Å². The number of aromatic amines is 2. The zero-order valence-electron chi connectivity index (χ0n) is 12.5. The SMILES string of the molecule is [Cl-].[Cl-].[Cl-].[Cl-].[Nb].[O-2].c1cc[nH+]cc1.c1cc[nH+]cc1.c1ccncc1. The van der Waals surface area contributed by atoms with Crippen LogP contribution in [0.1, 0.15) is 0 Å². The summed E-state index contributed by atoms with van der Waals surface area (Å²) in [5.41, 5.74) is 0. The monoisotopic (exact) mass is 488 g/mol. The van der Waals surface area contributed by atoms with Gasteiger partial charge in [0.1, 0.15) is 0 Å². The van der Waals surface area contributed by atoms with E-state index < -0.39 is 0 Å². The molecule has 0 bridgehead atoms. The van der Waals surface area contributed by atoms with Gasteiger partial charge < -0.3 is 55.1 Å². The van der Waals surface area contributed by atoms with Gasteiger partial charge in [-0.15, -0.1) is 0 Å². The molecule has 2 N–H and O–H groups in total. The van der Waals surface area contributed by atoms with Crippen molar-refractivity contribution in [2.24, 2.45) is 0 Å². The predicted octanol–water partition coefficient (Wildman–Crippen LogP) is -10.0. The minimum Gasteiger partial charge on any atom is -2.00 e. The van der Waals surface area contributed by atoms with Crippen molar-refractivity contribution in [3.63, 3.8) is 0 Å². The van der Waals surface area contributed by atoms with Gasteiger partial charge in [-0.2, -0.15) is 0 Å². The maximum absolute atomic E-state index is 3.78. The number of aromatic nitrogens is 3. The van der Waals surface area contributed by atoms with Gasteiger partial charge >= 0.3 is 0 Å². The predicted molar refractivity (Wildman–Crippen MR) is 70.9 cm³/mol. The number of nitrogens with one attached hydrogen (secondary N) is 2. The maximum atomic E-state index is 3.78. The molecular weight excluding hydrogens is 473 g/mol. The van der Waals surface area contributed by atoms with Crippen molar-refractivity contribution < 1.29 is 87.5 Å². The van der Waals surface area contributed by atoms with Gasteiger partial charge in [-0.1, -0.05) is 18.2 Å². The van der Waals surface area contributed by atoms with E-state index in [4.69, 9.17) is 0 Å². The number of H-pyrrole nitrogens is 2. The molecule has 3 rings (SSSR count). The molecule has 4 nitrogen and oxygen atoms in total. The van der Waals surface area contributed by atoms with E-state index in [1.54, 1.807) is 12.4 Å². The first-order valence-corrected chi connectivity index (χ1v) is 5.67. The normalized spacial score (nSPS) is 6.00. The summed E-state index contributed by atoms with van der Waals surface area (Å²) in [5, 5.41) is 0. The van der Waals surface area contributed by atoms with E-state index in [2.05, 4.69) is 15.0 Å². The Morgan fingerprint density at radius 2 is 0.750 bits per heavy atom. The number of pyridine rings is 3. The van der Waals surface area contributed by atoms with Crippen LogP contribution in [0.2, 0.25) is 0 Å². The summed E-state index contributed by atoms with van der Waals surface area (Å²) >= 11 is 0. The van der Waals surface area contributed by atoms with Crippen molar-refractivity contribution in [3.05, 3.63) is 91.8 Å². The molecule has 0 saturated heterocycles. The third-order valence-corrected chi connectivity index (χ3v) is 1.78. The topological polar surface area (TPSA) is 69.7 Å². The fourth-order valence-electron chi connectivity index (χ4n) is 0.996. The molecule has 0 fully saturated rings. The molecule has 3 aromatic rings. The van der Waals surface area contributed by atoms with Gasteiger partial charge in [0.15, 0.2) is 24.8 Å². The Morgan fingerprint density at radius 3 is 0.833 bits per heavy atom. The average molecular weight is 490 g/mol. The molecule has 0 atom stereocenters. The molecule has 0 saturated carbocycles. The molecule has 1 radical (unpaired) electrons. The molecule has 0 aromatic carbocycles. The standard InChI is InChI=1S/3C5H5N.4ClH.Nb.O/c3*1-2-4-6-5-3-1;;;;;;/h3*1-5H;4*1H;;/q;;;;;;;;-2/p-2. The second kappa shape index (κ2) is 33.8. The number of rotatable bonds is 0. The van der Waals surface area contributed by atoms with Crippen molar-refractivity contribution in [2.45, 2.75) is 0 Å². The van der Waals surface area contributed by atoms with Gasteiger partial charge in [0.05, 0.1) is 0 Å². The Hall–Kier alpha value is -0.690. The summed E-state index contributed by atoms with van der Waals surface area (Å²) in [4.78, 5) is 9.57. The smallest absolute Gasteiger partial charge is 0.166 e. The van der Waals surface area contributed by atoms with Crippen LogP contribution in [0.25, 0.3) is 0 Å². The van der Waals surface area contributed by atoms with Gasteiger partial charge in [0.2, 0.25) is 0 Å². The molecular formula is C15H17Cl4N3NbO-4. The van der Waals surface area contributed by atoms with Crippen LogP contribution in [0.5, 0.6) is 0 Å². The van der Waals surface area contributed by atoms with E-state index >= 15 is 0 Å². The van der Waals surface area contributed by atoms with E-state index in [0.29, 0.717) is 0 Å². The Labute approximate surface area is 183 Å². The molecule has 24 heavy (non-hydrogen) atoms. The van der Waals surface area contributed by atoms with Crippen LogP contribution in [0.3, 0.4) is 0 Å². The molecule has 0 spiro atoms. The third-order valence-electron chi connectivity index (χ3n) is 1.78. The molecule has 0 aliphatic rings. The van der Waals surface area contributed by atoms with E-state index in [0.717, 1.165) is 0 Å². The van der Waals surface area contributed by atoms with Crippen molar-refractivity contribution >= 4 is 0 Å². The summed E-state index contributed by atoms with van der Waals surface area (Å²) in [7, 11) is 0. The largest absolute Gasteiger partial charge is 2.00 e. The van der Waals surface area contributed by atoms with E-state index in [9.17, 15) is 0 Å². The summed E-state index contributed by atoms with van der Waals surface area (Å²) < 4.78 is 0.